The largest absolute Gasteiger partial charge is 0.449 e. The minimum absolute atomic E-state index is 0.0880. The van der Waals surface area contributed by atoms with Crippen molar-refractivity contribution in [2.45, 2.75) is 46.6 Å². The molecule has 0 aromatic carbocycles. The zero-order valence-corrected chi connectivity index (χ0v) is 17.1. The second-order valence-electron chi connectivity index (χ2n) is 7.08. The summed E-state index contributed by atoms with van der Waals surface area (Å²) in [6.45, 7) is 12.2. The third-order valence-electron chi connectivity index (χ3n) is 4.61. The number of ether oxygens (including phenoxy) is 2. The second-order valence-corrected chi connectivity index (χ2v) is 7.08. The first-order valence-corrected chi connectivity index (χ1v) is 9.94. The summed E-state index contributed by atoms with van der Waals surface area (Å²) in [7, 11) is 1.63. The van der Waals surface area contributed by atoms with E-state index in [-0.39, 0.29) is 24.0 Å². The van der Waals surface area contributed by atoms with E-state index in [0.29, 0.717) is 38.8 Å². The summed E-state index contributed by atoms with van der Waals surface area (Å²) in [5.74, 6) is 0.602. The number of nitrogens with one attached hydrogen (secondary N) is 1. The molecule has 0 saturated carbocycles. The van der Waals surface area contributed by atoms with Gasteiger partial charge >= 0.3 is 6.09 Å². The second kappa shape index (κ2) is 12.1. The fourth-order valence-corrected chi connectivity index (χ4v) is 3.28. The Morgan fingerprint density at radius 1 is 1.15 bits per heavy atom. The smallest absolute Gasteiger partial charge is 0.409 e. The summed E-state index contributed by atoms with van der Waals surface area (Å²) in [6, 6.07) is -0.0993. The first-order valence-electron chi connectivity index (χ1n) is 9.94. The number of nitrogens with zero attached hydrogens (tertiary/aromatic N) is 2. The van der Waals surface area contributed by atoms with Crippen LogP contribution in [0.1, 0.15) is 40.5 Å². The predicted molar refractivity (Wildman–Crippen MR) is 102 cm³/mol. The van der Waals surface area contributed by atoms with E-state index in [1.54, 1.807) is 12.0 Å². The lowest BCUT2D eigenvalue weighted by Gasteiger charge is -2.42. The SMILES string of the molecule is CC.COC[C@@H]1CN(C(=O)OCC(C)C)CCN1C(=O)C1CCNCC1. The number of amides is 2. The lowest BCUT2D eigenvalue weighted by atomic mass is 9.95. The van der Waals surface area contributed by atoms with E-state index in [1.165, 1.54) is 0 Å². The molecule has 0 radical (unpaired) electrons. The van der Waals surface area contributed by atoms with Gasteiger partial charge in [0.15, 0.2) is 0 Å². The molecule has 2 saturated heterocycles. The van der Waals surface area contributed by atoms with Crippen LogP contribution >= 0.6 is 0 Å². The first-order chi connectivity index (χ1) is 12.5. The van der Waals surface area contributed by atoms with Crippen molar-refractivity contribution in [3.8, 4) is 0 Å². The van der Waals surface area contributed by atoms with Crippen LogP contribution in [-0.2, 0) is 14.3 Å². The maximum Gasteiger partial charge on any atom is 0.409 e. The Morgan fingerprint density at radius 3 is 2.38 bits per heavy atom. The van der Waals surface area contributed by atoms with Gasteiger partial charge in [0.1, 0.15) is 0 Å². The van der Waals surface area contributed by atoms with Gasteiger partial charge in [-0.15, -0.1) is 0 Å². The Labute approximate surface area is 158 Å². The summed E-state index contributed by atoms with van der Waals surface area (Å²) in [4.78, 5) is 28.6. The fraction of sp³-hybridized carbons (Fsp3) is 0.895. The predicted octanol–water partition coefficient (Wildman–Crippen LogP) is 1.96. The molecular formula is C19H37N3O4. The number of piperazine rings is 1. The maximum atomic E-state index is 12.8. The molecule has 0 unspecified atom stereocenters. The summed E-state index contributed by atoms with van der Waals surface area (Å²) in [5, 5.41) is 3.29. The number of hydrogen-bond donors (Lipinski definition) is 1. The molecule has 2 fully saturated rings. The molecule has 1 N–H and O–H groups in total. The fourth-order valence-electron chi connectivity index (χ4n) is 3.28. The van der Waals surface area contributed by atoms with Crippen molar-refractivity contribution >= 4 is 12.0 Å². The van der Waals surface area contributed by atoms with E-state index in [1.807, 2.05) is 32.6 Å². The average molecular weight is 372 g/mol. The van der Waals surface area contributed by atoms with Gasteiger partial charge in [-0.2, -0.15) is 0 Å². The molecule has 7 nitrogen and oxygen atoms in total. The third kappa shape index (κ3) is 6.76. The monoisotopic (exact) mass is 371 g/mol. The molecule has 2 amide bonds. The summed E-state index contributed by atoms with van der Waals surface area (Å²) in [6.07, 6.45) is 1.48. The minimum Gasteiger partial charge on any atom is -0.449 e. The van der Waals surface area contributed by atoms with Crippen molar-refractivity contribution in [3.05, 3.63) is 0 Å². The van der Waals surface area contributed by atoms with Crippen molar-refractivity contribution in [2.24, 2.45) is 11.8 Å². The molecule has 2 aliphatic heterocycles. The minimum atomic E-state index is -0.293. The topological polar surface area (TPSA) is 71.1 Å². The van der Waals surface area contributed by atoms with Crippen LogP contribution in [0.15, 0.2) is 0 Å². The number of carbonyl (C=O) groups excluding carboxylic acids is 2. The van der Waals surface area contributed by atoms with Gasteiger partial charge in [0.2, 0.25) is 5.91 Å². The Bertz CT molecular complexity index is 425. The Hall–Kier alpha value is -1.34. The van der Waals surface area contributed by atoms with E-state index in [0.717, 1.165) is 25.9 Å². The zero-order valence-electron chi connectivity index (χ0n) is 17.1. The van der Waals surface area contributed by atoms with Gasteiger partial charge in [0.25, 0.3) is 0 Å². The normalized spacial score (nSPS) is 21.2. The maximum absolute atomic E-state index is 12.8. The van der Waals surface area contributed by atoms with Crippen LogP contribution in [0.2, 0.25) is 0 Å². The van der Waals surface area contributed by atoms with Crippen LogP contribution in [0, 0.1) is 11.8 Å². The van der Waals surface area contributed by atoms with Gasteiger partial charge in [-0.1, -0.05) is 27.7 Å². The van der Waals surface area contributed by atoms with Crippen LogP contribution in [0.25, 0.3) is 0 Å². The van der Waals surface area contributed by atoms with Crippen molar-refractivity contribution in [2.75, 3.05) is 53.0 Å². The van der Waals surface area contributed by atoms with E-state index in [9.17, 15) is 9.59 Å². The molecule has 0 bridgehead atoms. The van der Waals surface area contributed by atoms with Crippen molar-refractivity contribution < 1.29 is 19.1 Å². The molecule has 152 valence electrons. The molecule has 2 heterocycles. The number of carbonyl (C=O) groups is 2. The van der Waals surface area contributed by atoms with Gasteiger partial charge in [-0.05, 0) is 31.8 Å². The molecule has 0 aromatic rings. The highest BCUT2D eigenvalue weighted by Crippen LogP contribution is 2.20. The van der Waals surface area contributed by atoms with Crippen LogP contribution < -0.4 is 5.32 Å². The standard InChI is InChI=1S/C17H31N3O4.C2H6/c1-13(2)11-24-17(22)19-8-9-20(15(10-19)12-23-3)16(21)14-4-6-18-7-5-14;1-2/h13-15,18H,4-12H2,1-3H3;1-2H3/t15-;/m0./s1. The molecule has 1 atom stereocenters. The van der Waals surface area contributed by atoms with Gasteiger partial charge in [-0.3, -0.25) is 4.79 Å². The lowest BCUT2D eigenvalue weighted by Crippen LogP contribution is -2.59. The quantitative estimate of drug-likeness (QED) is 0.800. The van der Waals surface area contributed by atoms with Gasteiger partial charge < -0.3 is 24.6 Å². The van der Waals surface area contributed by atoms with Gasteiger partial charge in [-0.25, -0.2) is 4.79 Å². The number of methoxy groups -OCH3 is 1. The Morgan fingerprint density at radius 2 is 1.81 bits per heavy atom. The zero-order chi connectivity index (χ0) is 19.5. The Kier molecular flexibility index (Phi) is 10.6. The summed E-state index contributed by atoms with van der Waals surface area (Å²) >= 11 is 0. The summed E-state index contributed by atoms with van der Waals surface area (Å²) in [5.41, 5.74) is 0. The van der Waals surface area contributed by atoms with Crippen molar-refractivity contribution in [1.29, 1.82) is 0 Å². The van der Waals surface area contributed by atoms with Crippen LogP contribution in [0.4, 0.5) is 4.79 Å². The van der Waals surface area contributed by atoms with Crippen LogP contribution in [-0.4, -0.2) is 80.9 Å². The van der Waals surface area contributed by atoms with E-state index < -0.39 is 0 Å². The number of hydrogen-bond acceptors (Lipinski definition) is 5. The van der Waals surface area contributed by atoms with Crippen LogP contribution in [0.5, 0.6) is 0 Å². The molecule has 0 aromatic heterocycles. The molecule has 7 heteroatoms. The Balaban J connectivity index is 0.00000163. The van der Waals surface area contributed by atoms with E-state index in [4.69, 9.17) is 9.47 Å². The van der Waals surface area contributed by atoms with Crippen LogP contribution in [0.3, 0.4) is 0 Å². The molecular weight excluding hydrogens is 334 g/mol. The van der Waals surface area contributed by atoms with Gasteiger partial charge in [0.05, 0.1) is 19.3 Å². The molecule has 2 aliphatic rings. The third-order valence-corrected chi connectivity index (χ3v) is 4.61. The highest BCUT2D eigenvalue weighted by Gasteiger charge is 2.36. The van der Waals surface area contributed by atoms with Crippen molar-refractivity contribution in [3.63, 3.8) is 0 Å². The van der Waals surface area contributed by atoms with E-state index >= 15 is 0 Å². The first kappa shape index (κ1) is 22.7. The average Bonchev–Trinajstić information content (AvgIpc) is 2.68. The molecule has 2 rings (SSSR count). The highest BCUT2D eigenvalue weighted by molar-refractivity contribution is 5.80. The van der Waals surface area contributed by atoms with Crippen molar-refractivity contribution in [1.82, 2.24) is 15.1 Å². The number of piperidine rings is 1. The van der Waals surface area contributed by atoms with Gasteiger partial charge in [0, 0.05) is 32.7 Å². The highest BCUT2D eigenvalue weighted by atomic mass is 16.6. The molecule has 0 spiro atoms. The van der Waals surface area contributed by atoms with E-state index in [2.05, 4.69) is 5.32 Å². The molecule has 26 heavy (non-hydrogen) atoms. The molecule has 0 aliphatic carbocycles. The number of rotatable bonds is 5. The lowest BCUT2D eigenvalue weighted by molar-refractivity contribution is -0.142. The summed E-state index contributed by atoms with van der Waals surface area (Å²) < 4.78 is 10.6.